The molecule has 0 spiro atoms. The molecule has 3 aromatic carbocycles. The highest BCUT2D eigenvalue weighted by Gasteiger charge is 2.31. The summed E-state index contributed by atoms with van der Waals surface area (Å²) in [5.74, 6) is 0.784. The van der Waals surface area contributed by atoms with Crippen LogP contribution in [0.1, 0.15) is 18.1 Å². The smallest absolute Gasteiger partial charge is 0.261 e. The van der Waals surface area contributed by atoms with E-state index in [4.69, 9.17) is 37.4 Å². The van der Waals surface area contributed by atoms with Crippen molar-refractivity contribution >= 4 is 35.0 Å². The first-order valence-electron chi connectivity index (χ1n) is 11.8. The van der Waals surface area contributed by atoms with Gasteiger partial charge in [0.15, 0.2) is 6.61 Å². The molecule has 37 heavy (non-hydrogen) atoms. The number of amides is 2. The van der Waals surface area contributed by atoms with Gasteiger partial charge in [-0.3, -0.25) is 9.59 Å². The van der Waals surface area contributed by atoms with Gasteiger partial charge < -0.3 is 24.4 Å². The van der Waals surface area contributed by atoms with Gasteiger partial charge in [-0.25, -0.2) is 0 Å². The molecule has 9 heteroatoms. The molecule has 1 N–H and O–H groups in total. The van der Waals surface area contributed by atoms with Crippen molar-refractivity contribution in [2.45, 2.75) is 25.9 Å². The van der Waals surface area contributed by atoms with Gasteiger partial charge >= 0.3 is 0 Å². The van der Waals surface area contributed by atoms with Crippen molar-refractivity contribution in [3.05, 3.63) is 87.9 Å². The van der Waals surface area contributed by atoms with Crippen LogP contribution in [-0.4, -0.2) is 50.1 Å². The molecule has 3 rings (SSSR count). The Bertz CT molecular complexity index is 1180. The van der Waals surface area contributed by atoms with Crippen molar-refractivity contribution in [2.75, 3.05) is 27.4 Å². The van der Waals surface area contributed by atoms with Gasteiger partial charge in [-0.2, -0.15) is 0 Å². The predicted molar refractivity (Wildman–Crippen MR) is 145 cm³/mol. The van der Waals surface area contributed by atoms with Crippen LogP contribution in [-0.2, 0) is 22.6 Å². The number of hydrogen-bond donors (Lipinski definition) is 1. The van der Waals surface area contributed by atoms with Crippen molar-refractivity contribution in [1.82, 2.24) is 10.2 Å². The number of rotatable bonds is 12. The topological polar surface area (TPSA) is 77.1 Å². The molecule has 3 aromatic rings. The summed E-state index contributed by atoms with van der Waals surface area (Å²) in [6, 6.07) is 18.8. The van der Waals surface area contributed by atoms with E-state index in [-0.39, 0.29) is 25.0 Å². The highest BCUT2D eigenvalue weighted by molar-refractivity contribution is 6.35. The molecule has 0 bridgehead atoms. The van der Waals surface area contributed by atoms with Gasteiger partial charge in [-0.15, -0.1) is 0 Å². The summed E-state index contributed by atoms with van der Waals surface area (Å²) < 4.78 is 16.4. The van der Waals surface area contributed by atoms with E-state index >= 15 is 0 Å². The lowest BCUT2D eigenvalue weighted by molar-refractivity contribution is -0.142. The fourth-order valence-corrected chi connectivity index (χ4v) is 4.24. The summed E-state index contributed by atoms with van der Waals surface area (Å²) in [6.45, 7) is 2.04. The third-order valence-electron chi connectivity index (χ3n) is 5.67. The van der Waals surface area contributed by atoms with Crippen molar-refractivity contribution in [1.29, 1.82) is 0 Å². The molecule has 1 atom stereocenters. The lowest BCUT2D eigenvalue weighted by Gasteiger charge is -2.31. The molecular formula is C28H30Cl2N2O5. The van der Waals surface area contributed by atoms with Crippen molar-refractivity contribution in [3.8, 4) is 17.2 Å². The molecule has 196 valence electrons. The van der Waals surface area contributed by atoms with E-state index in [2.05, 4.69) is 5.32 Å². The van der Waals surface area contributed by atoms with Gasteiger partial charge in [0.2, 0.25) is 5.91 Å². The Kier molecular flexibility index (Phi) is 10.5. The lowest BCUT2D eigenvalue weighted by atomic mass is 10.0. The first-order chi connectivity index (χ1) is 17.8. The quantitative estimate of drug-likeness (QED) is 0.340. The minimum Gasteiger partial charge on any atom is -0.496 e. The van der Waals surface area contributed by atoms with Crippen LogP contribution in [0.5, 0.6) is 17.2 Å². The van der Waals surface area contributed by atoms with E-state index in [1.165, 1.54) is 19.1 Å². The molecule has 0 heterocycles. The second-order valence-electron chi connectivity index (χ2n) is 8.19. The fourth-order valence-electron chi connectivity index (χ4n) is 3.77. The molecule has 0 unspecified atom stereocenters. The van der Waals surface area contributed by atoms with Crippen LogP contribution in [0.4, 0.5) is 0 Å². The maximum atomic E-state index is 13.6. The van der Waals surface area contributed by atoms with Crippen molar-refractivity contribution in [3.63, 3.8) is 0 Å². The van der Waals surface area contributed by atoms with E-state index in [9.17, 15) is 9.59 Å². The van der Waals surface area contributed by atoms with Crippen molar-refractivity contribution < 1.29 is 23.8 Å². The standard InChI is InChI=1S/C28H30Cl2N2O5/c1-4-31-28(34)26(12-19-8-6-5-7-9-19)32(17-20-10-11-21(29)13-25(20)30)27(33)18-37-24-15-22(35-2)14-23(16-24)36-3/h5-11,13-16,26H,4,12,17-18H2,1-3H3,(H,31,34)/t26-/m0/s1. The molecule has 0 aliphatic rings. The van der Waals surface area contributed by atoms with Gasteiger partial charge in [-0.1, -0.05) is 59.6 Å². The average molecular weight is 545 g/mol. The van der Waals surface area contributed by atoms with E-state index in [1.54, 1.807) is 36.4 Å². The molecule has 7 nitrogen and oxygen atoms in total. The first-order valence-corrected chi connectivity index (χ1v) is 12.5. The largest absolute Gasteiger partial charge is 0.496 e. The Morgan fingerprint density at radius 3 is 2.16 bits per heavy atom. The van der Waals surface area contributed by atoms with Crippen LogP contribution >= 0.6 is 23.2 Å². The number of likely N-dealkylation sites (N-methyl/N-ethyl adjacent to an activating group) is 1. The minimum absolute atomic E-state index is 0.0915. The second-order valence-corrected chi connectivity index (χ2v) is 9.04. The molecule has 0 aliphatic carbocycles. The van der Waals surface area contributed by atoms with Crippen LogP contribution < -0.4 is 19.5 Å². The van der Waals surface area contributed by atoms with Crippen LogP contribution in [0.15, 0.2) is 66.7 Å². The second kappa shape index (κ2) is 13.8. The summed E-state index contributed by atoms with van der Waals surface area (Å²) >= 11 is 12.5. The fraction of sp³-hybridized carbons (Fsp3) is 0.286. The molecule has 0 aliphatic heterocycles. The minimum atomic E-state index is -0.801. The molecular weight excluding hydrogens is 515 g/mol. The predicted octanol–water partition coefficient (Wildman–Crippen LogP) is 5.17. The first kappa shape index (κ1) is 28.2. The molecule has 2 amide bonds. The number of halogens is 2. The van der Waals surface area contributed by atoms with Gasteiger partial charge in [0, 0.05) is 47.8 Å². The zero-order valence-corrected chi connectivity index (χ0v) is 22.5. The summed E-state index contributed by atoms with van der Waals surface area (Å²) in [4.78, 5) is 28.4. The van der Waals surface area contributed by atoms with E-state index in [0.29, 0.717) is 45.8 Å². The van der Waals surface area contributed by atoms with E-state index < -0.39 is 6.04 Å². The number of hydrogen-bond acceptors (Lipinski definition) is 5. The molecule has 0 fully saturated rings. The number of benzene rings is 3. The van der Waals surface area contributed by atoms with E-state index in [1.807, 2.05) is 37.3 Å². The average Bonchev–Trinajstić information content (AvgIpc) is 2.90. The maximum absolute atomic E-state index is 13.6. The van der Waals surface area contributed by atoms with Crippen LogP contribution in [0.2, 0.25) is 10.0 Å². The summed E-state index contributed by atoms with van der Waals surface area (Å²) in [5, 5.41) is 3.73. The zero-order chi connectivity index (χ0) is 26.8. The van der Waals surface area contributed by atoms with Crippen LogP contribution in [0.25, 0.3) is 0 Å². The Labute approximate surface area is 227 Å². The van der Waals surface area contributed by atoms with Crippen molar-refractivity contribution in [2.24, 2.45) is 0 Å². The number of methoxy groups -OCH3 is 2. The lowest BCUT2D eigenvalue weighted by Crippen LogP contribution is -2.51. The SMILES string of the molecule is CCNC(=O)[C@H](Cc1ccccc1)N(Cc1ccc(Cl)cc1Cl)C(=O)COc1cc(OC)cc(OC)c1. The normalized spacial score (nSPS) is 11.4. The Balaban J connectivity index is 1.93. The van der Waals surface area contributed by atoms with Crippen LogP contribution in [0.3, 0.4) is 0 Å². The molecule has 0 aromatic heterocycles. The number of nitrogens with one attached hydrogen (secondary N) is 1. The number of nitrogens with zero attached hydrogens (tertiary/aromatic N) is 1. The number of ether oxygens (including phenoxy) is 3. The third-order valence-corrected chi connectivity index (χ3v) is 6.25. The highest BCUT2D eigenvalue weighted by atomic mass is 35.5. The summed E-state index contributed by atoms with van der Waals surface area (Å²) in [6.07, 6.45) is 0.316. The summed E-state index contributed by atoms with van der Waals surface area (Å²) in [7, 11) is 3.06. The van der Waals surface area contributed by atoms with Crippen LogP contribution in [0, 0.1) is 0 Å². The Morgan fingerprint density at radius 2 is 1.57 bits per heavy atom. The molecule has 0 saturated carbocycles. The molecule has 0 radical (unpaired) electrons. The zero-order valence-electron chi connectivity index (χ0n) is 21.0. The van der Waals surface area contributed by atoms with Gasteiger partial charge in [0.05, 0.1) is 14.2 Å². The maximum Gasteiger partial charge on any atom is 0.261 e. The summed E-state index contributed by atoms with van der Waals surface area (Å²) in [5.41, 5.74) is 1.57. The highest BCUT2D eigenvalue weighted by Crippen LogP contribution is 2.28. The van der Waals surface area contributed by atoms with Gasteiger partial charge in [-0.05, 0) is 30.2 Å². The molecule has 0 saturated heterocycles. The van der Waals surface area contributed by atoms with Gasteiger partial charge in [0.25, 0.3) is 5.91 Å². The Morgan fingerprint density at radius 1 is 0.919 bits per heavy atom. The third kappa shape index (κ3) is 8.03. The van der Waals surface area contributed by atoms with E-state index in [0.717, 1.165) is 5.56 Å². The number of carbonyl (C=O) groups is 2. The Hall–Kier alpha value is -3.42. The van der Waals surface area contributed by atoms with Gasteiger partial charge in [0.1, 0.15) is 23.3 Å². The monoisotopic (exact) mass is 544 g/mol. The number of carbonyl (C=O) groups excluding carboxylic acids is 2.